The van der Waals surface area contributed by atoms with E-state index in [1.807, 2.05) is 6.92 Å². The number of halogens is 2. The van der Waals surface area contributed by atoms with Gasteiger partial charge in [0.25, 0.3) is 0 Å². The Labute approximate surface area is 163 Å². The lowest BCUT2D eigenvalue weighted by atomic mass is 10.2. The van der Waals surface area contributed by atoms with E-state index in [2.05, 4.69) is 5.32 Å². The Hall–Kier alpha value is -2.68. The number of carbonyl (C=O) groups is 1. The standard InChI is InChI=1S/C19H22F2N2O4S/c1-4-27-18-8-6-5-7-14(18)12-22-19(24)13(2)23(28(3,25)26)15-9-10-16(20)17(21)11-15/h5-11,13H,4,12H2,1-3H3,(H,22,24)/t13-/m0/s1. The summed E-state index contributed by atoms with van der Waals surface area (Å²) in [4.78, 5) is 12.6. The minimum atomic E-state index is -3.93. The minimum absolute atomic E-state index is 0.120. The number of anilines is 1. The molecule has 152 valence electrons. The van der Waals surface area contributed by atoms with Crippen molar-refractivity contribution in [1.29, 1.82) is 0 Å². The Kier molecular flexibility index (Phi) is 6.95. The van der Waals surface area contributed by atoms with Gasteiger partial charge in [0.1, 0.15) is 11.8 Å². The fourth-order valence-corrected chi connectivity index (χ4v) is 3.87. The average Bonchev–Trinajstić information content (AvgIpc) is 2.63. The molecule has 0 saturated heterocycles. The molecule has 0 aliphatic heterocycles. The zero-order chi connectivity index (χ0) is 20.9. The minimum Gasteiger partial charge on any atom is -0.494 e. The molecule has 0 unspecified atom stereocenters. The Morgan fingerprint density at radius 3 is 2.46 bits per heavy atom. The molecule has 1 atom stereocenters. The number of rotatable bonds is 8. The van der Waals surface area contributed by atoms with Gasteiger partial charge in [0, 0.05) is 18.2 Å². The summed E-state index contributed by atoms with van der Waals surface area (Å²) in [5, 5.41) is 2.65. The van der Waals surface area contributed by atoms with Crippen LogP contribution in [0.2, 0.25) is 0 Å². The van der Waals surface area contributed by atoms with Gasteiger partial charge in [-0.25, -0.2) is 17.2 Å². The first-order valence-electron chi connectivity index (χ1n) is 8.58. The lowest BCUT2D eigenvalue weighted by molar-refractivity contribution is -0.122. The zero-order valence-corrected chi connectivity index (χ0v) is 16.6. The van der Waals surface area contributed by atoms with Crippen LogP contribution in [0.1, 0.15) is 19.4 Å². The number of para-hydroxylation sites is 1. The van der Waals surface area contributed by atoms with Gasteiger partial charge in [-0.3, -0.25) is 9.10 Å². The second kappa shape index (κ2) is 9.01. The van der Waals surface area contributed by atoms with E-state index in [1.54, 1.807) is 24.3 Å². The molecule has 0 aliphatic carbocycles. The predicted molar refractivity (Wildman–Crippen MR) is 103 cm³/mol. The Balaban J connectivity index is 2.22. The Morgan fingerprint density at radius 2 is 1.86 bits per heavy atom. The van der Waals surface area contributed by atoms with E-state index in [9.17, 15) is 22.0 Å². The van der Waals surface area contributed by atoms with Crippen LogP contribution in [0.5, 0.6) is 5.75 Å². The summed E-state index contributed by atoms with van der Waals surface area (Å²) in [5.41, 5.74) is 0.586. The molecule has 9 heteroatoms. The molecular weight excluding hydrogens is 390 g/mol. The maximum absolute atomic E-state index is 13.6. The summed E-state index contributed by atoms with van der Waals surface area (Å²) < 4.78 is 57.4. The summed E-state index contributed by atoms with van der Waals surface area (Å²) in [6.45, 7) is 3.78. The molecule has 2 aromatic carbocycles. The second-order valence-corrected chi connectivity index (χ2v) is 7.95. The molecular formula is C19H22F2N2O4S. The van der Waals surface area contributed by atoms with Gasteiger partial charge in [-0.15, -0.1) is 0 Å². The highest BCUT2D eigenvalue weighted by Crippen LogP contribution is 2.23. The smallest absolute Gasteiger partial charge is 0.243 e. The molecule has 2 rings (SSSR count). The topological polar surface area (TPSA) is 75.7 Å². The molecule has 0 radical (unpaired) electrons. The van der Waals surface area contributed by atoms with Gasteiger partial charge in [0.05, 0.1) is 18.6 Å². The highest BCUT2D eigenvalue weighted by Gasteiger charge is 2.29. The third kappa shape index (κ3) is 5.19. The molecule has 1 N–H and O–H groups in total. The summed E-state index contributed by atoms with van der Waals surface area (Å²) >= 11 is 0. The van der Waals surface area contributed by atoms with Gasteiger partial charge in [-0.1, -0.05) is 18.2 Å². The van der Waals surface area contributed by atoms with Gasteiger partial charge in [-0.05, 0) is 32.0 Å². The monoisotopic (exact) mass is 412 g/mol. The van der Waals surface area contributed by atoms with Crippen LogP contribution in [0, 0.1) is 11.6 Å². The third-order valence-electron chi connectivity index (χ3n) is 3.97. The van der Waals surface area contributed by atoms with E-state index in [0.717, 1.165) is 34.3 Å². The van der Waals surface area contributed by atoms with Crippen LogP contribution in [0.25, 0.3) is 0 Å². The summed E-state index contributed by atoms with van der Waals surface area (Å²) in [7, 11) is -3.93. The van der Waals surface area contributed by atoms with Crippen LogP contribution in [0.15, 0.2) is 42.5 Å². The number of hydrogen-bond donors (Lipinski definition) is 1. The number of ether oxygens (including phenoxy) is 1. The predicted octanol–water partition coefficient (Wildman–Crippen LogP) is 2.83. The van der Waals surface area contributed by atoms with E-state index in [0.29, 0.717) is 12.4 Å². The Bertz CT molecular complexity index is 951. The van der Waals surface area contributed by atoms with E-state index in [4.69, 9.17) is 4.74 Å². The number of nitrogens with one attached hydrogen (secondary N) is 1. The van der Waals surface area contributed by atoms with Crippen molar-refractivity contribution in [1.82, 2.24) is 5.32 Å². The van der Waals surface area contributed by atoms with Gasteiger partial charge in [0.15, 0.2) is 11.6 Å². The lowest BCUT2D eigenvalue weighted by Crippen LogP contribution is -2.47. The Morgan fingerprint density at radius 1 is 1.18 bits per heavy atom. The van der Waals surface area contributed by atoms with Crippen LogP contribution in [0.3, 0.4) is 0 Å². The molecule has 0 aromatic heterocycles. The molecule has 2 aromatic rings. The van der Waals surface area contributed by atoms with Gasteiger partial charge in [-0.2, -0.15) is 0 Å². The van der Waals surface area contributed by atoms with E-state index in [1.165, 1.54) is 6.92 Å². The lowest BCUT2D eigenvalue weighted by Gasteiger charge is -2.28. The maximum Gasteiger partial charge on any atom is 0.243 e. The second-order valence-electron chi connectivity index (χ2n) is 6.09. The molecule has 1 amide bonds. The van der Waals surface area contributed by atoms with Crippen LogP contribution < -0.4 is 14.4 Å². The first-order valence-corrected chi connectivity index (χ1v) is 10.4. The third-order valence-corrected chi connectivity index (χ3v) is 5.21. The highest BCUT2D eigenvalue weighted by atomic mass is 32.2. The van der Waals surface area contributed by atoms with E-state index >= 15 is 0 Å². The number of sulfonamides is 1. The molecule has 28 heavy (non-hydrogen) atoms. The quantitative estimate of drug-likeness (QED) is 0.724. The van der Waals surface area contributed by atoms with Crippen LogP contribution in [-0.2, 0) is 21.4 Å². The van der Waals surface area contributed by atoms with E-state index in [-0.39, 0.29) is 12.2 Å². The number of benzene rings is 2. The normalized spacial score (nSPS) is 12.3. The largest absolute Gasteiger partial charge is 0.494 e. The number of nitrogens with zero attached hydrogens (tertiary/aromatic N) is 1. The van der Waals surface area contributed by atoms with Crippen molar-refractivity contribution in [3.8, 4) is 5.75 Å². The highest BCUT2D eigenvalue weighted by molar-refractivity contribution is 7.92. The molecule has 0 fully saturated rings. The number of amides is 1. The number of hydrogen-bond acceptors (Lipinski definition) is 4. The zero-order valence-electron chi connectivity index (χ0n) is 15.8. The van der Waals surface area contributed by atoms with Crippen molar-refractivity contribution in [3.63, 3.8) is 0 Å². The van der Waals surface area contributed by atoms with Gasteiger partial charge >= 0.3 is 0 Å². The molecule has 0 saturated carbocycles. The molecule has 0 heterocycles. The van der Waals surface area contributed by atoms with Crippen molar-refractivity contribution in [2.75, 3.05) is 17.2 Å². The maximum atomic E-state index is 13.6. The fraction of sp³-hybridized carbons (Fsp3) is 0.316. The van der Waals surface area contributed by atoms with Crippen LogP contribution in [-0.4, -0.2) is 33.2 Å². The average molecular weight is 412 g/mol. The SMILES string of the molecule is CCOc1ccccc1CNC(=O)[C@H](C)N(c1ccc(F)c(F)c1)S(C)(=O)=O. The summed E-state index contributed by atoms with van der Waals surface area (Å²) in [5.74, 6) is -2.30. The molecule has 0 spiro atoms. The number of carbonyl (C=O) groups excluding carboxylic acids is 1. The van der Waals surface area contributed by atoms with Gasteiger partial charge in [0.2, 0.25) is 15.9 Å². The van der Waals surface area contributed by atoms with Crippen molar-refractivity contribution >= 4 is 21.6 Å². The molecule has 0 bridgehead atoms. The van der Waals surface area contributed by atoms with Crippen molar-refractivity contribution in [2.24, 2.45) is 0 Å². The van der Waals surface area contributed by atoms with Crippen LogP contribution in [0.4, 0.5) is 14.5 Å². The molecule has 6 nitrogen and oxygen atoms in total. The molecule has 0 aliphatic rings. The summed E-state index contributed by atoms with van der Waals surface area (Å²) in [6, 6.07) is 8.60. The van der Waals surface area contributed by atoms with Crippen molar-refractivity contribution in [3.05, 3.63) is 59.7 Å². The first kappa shape index (κ1) is 21.6. The first-order chi connectivity index (χ1) is 13.1. The van der Waals surface area contributed by atoms with Crippen molar-refractivity contribution in [2.45, 2.75) is 26.4 Å². The van der Waals surface area contributed by atoms with E-state index < -0.39 is 33.6 Å². The van der Waals surface area contributed by atoms with Crippen LogP contribution >= 0.6 is 0 Å². The fourth-order valence-electron chi connectivity index (χ4n) is 2.71. The van der Waals surface area contributed by atoms with Crippen molar-refractivity contribution < 1.29 is 26.7 Å². The van der Waals surface area contributed by atoms with Gasteiger partial charge < -0.3 is 10.1 Å². The summed E-state index contributed by atoms with van der Waals surface area (Å²) in [6.07, 6.45) is 0.891.